The van der Waals surface area contributed by atoms with E-state index in [4.69, 9.17) is 16.3 Å². The van der Waals surface area contributed by atoms with Crippen molar-refractivity contribution in [1.29, 1.82) is 0 Å². The van der Waals surface area contributed by atoms with Gasteiger partial charge in [-0.05, 0) is 42.0 Å². The first kappa shape index (κ1) is 24.3. The summed E-state index contributed by atoms with van der Waals surface area (Å²) in [6.45, 7) is 6.13. The lowest BCUT2D eigenvalue weighted by Gasteiger charge is -2.39. The van der Waals surface area contributed by atoms with E-state index in [0.717, 1.165) is 16.9 Å². The fourth-order valence-corrected chi connectivity index (χ4v) is 5.70. The summed E-state index contributed by atoms with van der Waals surface area (Å²) in [5, 5.41) is 4.04. The molecule has 0 fully saturated rings. The summed E-state index contributed by atoms with van der Waals surface area (Å²) in [5.41, 5.74) is 3.10. The number of Topliss-reactive ketones (excluding diaryl/α,β-unsaturated/α-hetero) is 1. The molecule has 0 saturated heterocycles. The molecule has 0 radical (unpaired) electrons. The van der Waals surface area contributed by atoms with E-state index >= 15 is 0 Å². The second-order valence-corrected chi connectivity index (χ2v) is 10.9. The predicted molar refractivity (Wildman–Crippen MR) is 141 cm³/mol. The lowest BCUT2D eigenvalue weighted by molar-refractivity contribution is -0.118. The molecule has 6 nitrogen and oxygen atoms in total. The predicted octanol–water partition coefficient (Wildman–Crippen LogP) is 6.12. The standard InChI is InChI=1S/C29H30ClN3O3/c1-18(34)33-27(20-11-12-25(21(30)14-20)36-17-19-8-5-4-6-9-19)26-23(15-29(2,3)16-24(26)35)32-22-10-7-13-31-28(22)33/h4-13,20,27,32H,14-17H2,1-3H3/t20?,27-/m1/s1. The minimum absolute atomic E-state index is 0.0532. The zero-order chi connectivity index (χ0) is 25.4. The van der Waals surface area contributed by atoms with E-state index in [1.54, 1.807) is 11.1 Å². The molecule has 1 unspecified atom stereocenters. The molecule has 0 spiro atoms. The summed E-state index contributed by atoms with van der Waals surface area (Å²) in [6.07, 6.45) is 7.13. The molecule has 2 atom stereocenters. The number of amides is 1. The number of rotatable bonds is 4. The fourth-order valence-electron chi connectivity index (χ4n) is 5.41. The van der Waals surface area contributed by atoms with Gasteiger partial charge in [0.2, 0.25) is 5.91 Å². The van der Waals surface area contributed by atoms with Gasteiger partial charge in [0.1, 0.15) is 12.4 Å². The van der Waals surface area contributed by atoms with E-state index in [9.17, 15) is 9.59 Å². The van der Waals surface area contributed by atoms with Crippen molar-refractivity contribution in [2.75, 3.05) is 10.2 Å². The molecule has 1 aromatic heterocycles. The minimum atomic E-state index is -0.523. The SMILES string of the molecule is CC(=O)N1c2ncccc2NC2=C(C(=O)CC(C)(C)C2)[C@H]1C1C=CC(OCc2ccccc2)=C(Cl)C1. The quantitative estimate of drug-likeness (QED) is 0.544. The zero-order valence-corrected chi connectivity index (χ0v) is 21.5. The zero-order valence-electron chi connectivity index (χ0n) is 20.8. The Kier molecular flexibility index (Phi) is 6.47. The highest BCUT2D eigenvalue weighted by Crippen LogP contribution is 2.46. The number of nitrogens with zero attached hydrogens (tertiary/aromatic N) is 2. The lowest BCUT2D eigenvalue weighted by atomic mass is 9.72. The van der Waals surface area contributed by atoms with Gasteiger partial charge in [0.05, 0.1) is 16.8 Å². The van der Waals surface area contributed by atoms with Crippen molar-refractivity contribution in [3.05, 3.63) is 88.4 Å². The molecule has 1 N–H and O–H groups in total. The van der Waals surface area contributed by atoms with Crippen LogP contribution in [0.2, 0.25) is 0 Å². The van der Waals surface area contributed by atoms with Gasteiger partial charge in [0, 0.05) is 36.7 Å². The van der Waals surface area contributed by atoms with E-state index in [1.807, 2.05) is 54.6 Å². The maximum absolute atomic E-state index is 13.6. The van der Waals surface area contributed by atoms with Crippen LogP contribution < -0.4 is 10.2 Å². The number of halogens is 1. The number of nitrogens with one attached hydrogen (secondary N) is 1. The molecule has 1 aliphatic heterocycles. The van der Waals surface area contributed by atoms with Crippen molar-refractivity contribution < 1.29 is 14.3 Å². The normalized spacial score (nSPS) is 23.0. The number of fused-ring (bicyclic) bond motifs is 1. The molecule has 3 aliphatic rings. The summed E-state index contributed by atoms with van der Waals surface area (Å²) >= 11 is 6.76. The molecule has 2 aromatic rings. The molecule has 5 rings (SSSR count). The van der Waals surface area contributed by atoms with E-state index in [0.29, 0.717) is 48.1 Å². The molecule has 0 saturated carbocycles. The van der Waals surface area contributed by atoms with Crippen LogP contribution in [0.4, 0.5) is 11.5 Å². The lowest BCUT2D eigenvalue weighted by Crippen LogP contribution is -2.48. The van der Waals surface area contributed by atoms with Gasteiger partial charge in [-0.1, -0.05) is 61.9 Å². The van der Waals surface area contributed by atoms with Crippen LogP contribution in [-0.4, -0.2) is 22.7 Å². The van der Waals surface area contributed by atoms with E-state index in [2.05, 4.69) is 24.1 Å². The van der Waals surface area contributed by atoms with Crippen molar-refractivity contribution in [2.24, 2.45) is 11.3 Å². The van der Waals surface area contributed by atoms with Gasteiger partial charge in [-0.3, -0.25) is 14.5 Å². The molecule has 36 heavy (non-hydrogen) atoms. The molecular formula is C29H30ClN3O3. The summed E-state index contributed by atoms with van der Waals surface area (Å²) in [7, 11) is 0. The third-order valence-corrected chi connectivity index (χ3v) is 7.29. The summed E-state index contributed by atoms with van der Waals surface area (Å²) in [4.78, 5) is 33.0. The number of ketones is 1. The molecule has 1 aromatic carbocycles. The van der Waals surface area contributed by atoms with E-state index < -0.39 is 6.04 Å². The Bertz CT molecular complexity index is 1300. The van der Waals surface area contributed by atoms with Gasteiger partial charge in [0.15, 0.2) is 11.6 Å². The second kappa shape index (κ2) is 9.58. The monoisotopic (exact) mass is 503 g/mol. The van der Waals surface area contributed by atoms with Crippen molar-refractivity contribution in [3.63, 3.8) is 0 Å². The van der Waals surface area contributed by atoms with Crippen molar-refractivity contribution in [1.82, 2.24) is 4.98 Å². The summed E-state index contributed by atoms with van der Waals surface area (Å²) in [6, 6.07) is 13.1. The first-order valence-electron chi connectivity index (χ1n) is 12.3. The highest BCUT2D eigenvalue weighted by Gasteiger charge is 2.45. The third kappa shape index (κ3) is 4.70. The van der Waals surface area contributed by atoms with Gasteiger partial charge >= 0.3 is 0 Å². The van der Waals surface area contributed by atoms with Crippen LogP contribution in [0.1, 0.15) is 45.6 Å². The number of allylic oxidation sites excluding steroid dienone is 3. The Morgan fingerprint density at radius 2 is 1.97 bits per heavy atom. The summed E-state index contributed by atoms with van der Waals surface area (Å²) < 4.78 is 6.00. The van der Waals surface area contributed by atoms with Crippen molar-refractivity contribution in [3.8, 4) is 0 Å². The van der Waals surface area contributed by atoms with Crippen molar-refractivity contribution >= 4 is 34.8 Å². The molecular weight excluding hydrogens is 474 g/mol. The first-order chi connectivity index (χ1) is 17.2. The summed E-state index contributed by atoms with van der Waals surface area (Å²) in [5.74, 6) is 0.803. The number of hydrogen-bond acceptors (Lipinski definition) is 5. The van der Waals surface area contributed by atoms with Crippen LogP contribution in [0.15, 0.2) is 82.9 Å². The average molecular weight is 504 g/mol. The molecule has 7 heteroatoms. The maximum atomic E-state index is 13.6. The largest absolute Gasteiger partial charge is 0.488 e. The molecule has 0 bridgehead atoms. The number of aromatic nitrogens is 1. The number of anilines is 2. The van der Waals surface area contributed by atoms with Gasteiger partial charge in [0.25, 0.3) is 0 Å². The fraction of sp³-hybridized carbons (Fsp3) is 0.345. The van der Waals surface area contributed by atoms with Crippen molar-refractivity contribution in [2.45, 2.75) is 52.7 Å². The van der Waals surface area contributed by atoms with Crippen LogP contribution in [0.5, 0.6) is 0 Å². The Labute approximate surface area is 216 Å². The average Bonchev–Trinajstić information content (AvgIpc) is 2.97. The van der Waals surface area contributed by atoms with Crippen LogP contribution in [0, 0.1) is 11.3 Å². The molecule has 186 valence electrons. The number of carbonyl (C=O) groups excluding carboxylic acids is 2. The second-order valence-electron chi connectivity index (χ2n) is 10.4. The third-order valence-electron chi connectivity index (χ3n) is 6.95. The molecule has 2 heterocycles. The van der Waals surface area contributed by atoms with E-state index in [-0.39, 0.29) is 23.0 Å². The number of hydrogen-bond donors (Lipinski definition) is 1. The molecule has 2 aliphatic carbocycles. The highest BCUT2D eigenvalue weighted by molar-refractivity contribution is 6.30. The van der Waals surface area contributed by atoms with Crippen LogP contribution in [0.3, 0.4) is 0 Å². The van der Waals surface area contributed by atoms with Gasteiger partial charge < -0.3 is 10.1 Å². The number of benzene rings is 1. The van der Waals surface area contributed by atoms with Gasteiger partial charge in [-0.15, -0.1) is 0 Å². The maximum Gasteiger partial charge on any atom is 0.225 e. The Balaban J connectivity index is 1.52. The van der Waals surface area contributed by atoms with Crippen LogP contribution in [-0.2, 0) is 20.9 Å². The molecule has 1 amide bonds. The van der Waals surface area contributed by atoms with Gasteiger partial charge in [-0.25, -0.2) is 4.98 Å². The van der Waals surface area contributed by atoms with Crippen LogP contribution in [0.25, 0.3) is 0 Å². The number of pyridine rings is 1. The minimum Gasteiger partial charge on any atom is -0.488 e. The topological polar surface area (TPSA) is 71.5 Å². The van der Waals surface area contributed by atoms with Crippen LogP contribution >= 0.6 is 11.6 Å². The number of carbonyl (C=O) groups is 2. The Morgan fingerprint density at radius 1 is 1.19 bits per heavy atom. The Morgan fingerprint density at radius 3 is 2.69 bits per heavy atom. The smallest absolute Gasteiger partial charge is 0.225 e. The highest BCUT2D eigenvalue weighted by atomic mass is 35.5. The Hall–Kier alpha value is -3.38. The first-order valence-corrected chi connectivity index (χ1v) is 12.6. The van der Waals surface area contributed by atoms with E-state index in [1.165, 1.54) is 6.92 Å². The number of ether oxygens (including phenoxy) is 1. The van der Waals surface area contributed by atoms with Gasteiger partial charge in [-0.2, -0.15) is 0 Å².